The summed E-state index contributed by atoms with van der Waals surface area (Å²) in [5.74, 6) is 0.163. The average molecular weight is 338 g/mol. The number of nitrogens with zero attached hydrogens (tertiary/aromatic N) is 1. The fraction of sp³-hybridized carbons (Fsp3) is 0.150. The summed E-state index contributed by atoms with van der Waals surface area (Å²) in [4.78, 5) is 12.6. The second kappa shape index (κ2) is 7.66. The lowest BCUT2D eigenvalue weighted by molar-refractivity contribution is -0.116. The van der Waals surface area contributed by atoms with Crippen LogP contribution in [0.15, 0.2) is 73.1 Å². The van der Waals surface area contributed by atoms with Crippen LogP contribution in [0.2, 0.25) is 0 Å². The molecule has 4 nitrogen and oxygen atoms in total. The molecule has 0 radical (unpaired) electrons. The first-order valence-electron chi connectivity index (χ1n) is 7.98. The first-order valence-corrected chi connectivity index (χ1v) is 7.98. The zero-order chi connectivity index (χ0) is 17.6. The van der Waals surface area contributed by atoms with Crippen LogP contribution in [0.4, 0.5) is 10.1 Å². The Bertz CT molecular complexity index is 829. The Morgan fingerprint density at radius 2 is 1.76 bits per heavy atom. The lowest BCUT2D eigenvalue weighted by Crippen LogP contribution is -2.20. The lowest BCUT2D eigenvalue weighted by atomic mass is 10.0. The Kier molecular flexibility index (Phi) is 5.14. The van der Waals surface area contributed by atoms with Gasteiger partial charge in [-0.15, -0.1) is 0 Å². The molecule has 1 amide bonds. The molecular weight excluding hydrogens is 319 g/mol. The van der Waals surface area contributed by atoms with Crippen molar-refractivity contribution in [1.29, 1.82) is 0 Å². The molecule has 5 heteroatoms. The molecule has 3 aromatic rings. The predicted octanol–water partition coefficient (Wildman–Crippen LogP) is 4.25. The maximum absolute atomic E-state index is 13.2. The zero-order valence-electron chi connectivity index (χ0n) is 13.9. The van der Waals surface area contributed by atoms with E-state index in [4.69, 9.17) is 4.74 Å². The van der Waals surface area contributed by atoms with E-state index in [2.05, 4.69) is 5.32 Å². The molecule has 1 N–H and O–H groups in total. The van der Waals surface area contributed by atoms with E-state index in [9.17, 15) is 9.18 Å². The summed E-state index contributed by atoms with van der Waals surface area (Å²) in [5.41, 5.74) is 1.49. The Balaban J connectivity index is 1.80. The van der Waals surface area contributed by atoms with Gasteiger partial charge in [0.2, 0.25) is 5.91 Å². The molecule has 1 heterocycles. The van der Waals surface area contributed by atoms with E-state index in [-0.39, 0.29) is 24.2 Å². The minimum Gasteiger partial charge on any atom is -0.495 e. The fourth-order valence-corrected chi connectivity index (χ4v) is 2.76. The number of amides is 1. The number of aromatic nitrogens is 1. The number of ether oxygens (including phenoxy) is 1. The monoisotopic (exact) mass is 338 g/mol. The van der Waals surface area contributed by atoms with Crippen LogP contribution in [0, 0.1) is 5.82 Å². The molecule has 1 aromatic heterocycles. The van der Waals surface area contributed by atoms with E-state index >= 15 is 0 Å². The molecule has 1 atom stereocenters. The largest absolute Gasteiger partial charge is 0.495 e. The van der Waals surface area contributed by atoms with Crippen molar-refractivity contribution in [1.82, 2.24) is 4.57 Å². The quantitative estimate of drug-likeness (QED) is 0.730. The van der Waals surface area contributed by atoms with Crippen molar-refractivity contribution < 1.29 is 13.9 Å². The first-order chi connectivity index (χ1) is 12.2. The topological polar surface area (TPSA) is 43.3 Å². The number of hydrogen-bond acceptors (Lipinski definition) is 2. The number of carbonyl (C=O) groups excluding carboxylic acids is 1. The molecule has 0 unspecified atom stereocenters. The van der Waals surface area contributed by atoms with Crippen LogP contribution < -0.4 is 10.1 Å². The van der Waals surface area contributed by atoms with Crippen molar-refractivity contribution in [3.63, 3.8) is 0 Å². The SMILES string of the molecule is COc1ccccc1NC(=O)C[C@@H](c1ccc(F)cc1)n1cccc1. The van der Waals surface area contributed by atoms with Gasteiger partial charge in [0.05, 0.1) is 25.3 Å². The smallest absolute Gasteiger partial charge is 0.226 e. The second-order valence-corrected chi connectivity index (χ2v) is 5.65. The van der Waals surface area contributed by atoms with E-state index < -0.39 is 0 Å². The normalized spacial score (nSPS) is 11.8. The third-order valence-corrected chi connectivity index (χ3v) is 4.00. The van der Waals surface area contributed by atoms with Gasteiger partial charge in [-0.1, -0.05) is 24.3 Å². The highest BCUT2D eigenvalue weighted by atomic mass is 19.1. The van der Waals surface area contributed by atoms with E-state index in [0.29, 0.717) is 11.4 Å². The van der Waals surface area contributed by atoms with Gasteiger partial charge < -0.3 is 14.6 Å². The molecule has 0 saturated heterocycles. The highest BCUT2D eigenvalue weighted by molar-refractivity contribution is 5.92. The molecule has 0 saturated carbocycles. The second-order valence-electron chi connectivity index (χ2n) is 5.65. The van der Waals surface area contributed by atoms with E-state index in [1.807, 2.05) is 41.2 Å². The first kappa shape index (κ1) is 16.8. The molecule has 0 aliphatic heterocycles. The summed E-state index contributed by atoms with van der Waals surface area (Å²) in [7, 11) is 1.56. The van der Waals surface area contributed by atoms with Crippen LogP contribution in [0.1, 0.15) is 18.0 Å². The van der Waals surface area contributed by atoms with Crippen molar-refractivity contribution in [2.75, 3.05) is 12.4 Å². The van der Waals surface area contributed by atoms with Gasteiger partial charge in [-0.25, -0.2) is 4.39 Å². The molecule has 0 fully saturated rings. The minimum absolute atomic E-state index is 0.146. The molecule has 2 aromatic carbocycles. The Labute approximate surface area is 145 Å². The van der Waals surface area contributed by atoms with Gasteiger partial charge in [-0.05, 0) is 42.0 Å². The average Bonchev–Trinajstić information content (AvgIpc) is 3.15. The van der Waals surface area contributed by atoms with Crippen LogP contribution >= 0.6 is 0 Å². The van der Waals surface area contributed by atoms with Crippen LogP contribution in [-0.2, 0) is 4.79 Å². The van der Waals surface area contributed by atoms with Crippen molar-refractivity contribution in [3.05, 3.63) is 84.4 Å². The van der Waals surface area contributed by atoms with Crippen LogP contribution in [0.5, 0.6) is 5.75 Å². The Hall–Kier alpha value is -3.08. The summed E-state index contributed by atoms with van der Waals surface area (Å²) in [6.07, 6.45) is 4.01. The molecule has 0 aliphatic carbocycles. The molecule has 3 rings (SSSR count). The van der Waals surface area contributed by atoms with Crippen molar-refractivity contribution in [2.45, 2.75) is 12.5 Å². The standard InChI is InChI=1S/C20H19FN2O2/c1-25-19-7-3-2-6-17(19)22-20(24)14-18(23-12-4-5-13-23)15-8-10-16(21)11-9-15/h2-13,18H,14H2,1H3,(H,22,24)/t18-/m0/s1. The molecule has 0 bridgehead atoms. The van der Waals surface area contributed by atoms with Crippen LogP contribution in [-0.4, -0.2) is 17.6 Å². The number of anilines is 1. The Morgan fingerprint density at radius 3 is 2.44 bits per heavy atom. The Morgan fingerprint density at radius 1 is 1.08 bits per heavy atom. The number of benzene rings is 2. The van der Waals surface area contributed by atoms with Crippen molar-refractivity contribution in [2.24, 2.45) is 0 Å². The van der Waals surface area contributed by atoms with E-state index in [1.165, 1.54) is 12.1 Å². The summed E-state index contributed by atoms with van der Waals surface area (Å²) in [6.45, 7) is 0. The highest BCUT2D eigenvalue weighted by Gasteiger charge is 2.18. The number of halogens is 1. The molecule has 128 valence electrons. The van der Waals surface area contributed by atoms with E-state index in [0.717, 1.165) is 5.56 Å². The molecular formula is C20H19FN2O2. The lowest BCUT2D eigenvalue weighted by Gasteiger charge is -2.20. The third-order valence-electron chi connectivity index (χ3n) is 4.00. The fourth-order valence-electron chi connectivity index (χ4n) is 2.76. The highest BCUT2D eigenvalue weighted by Crippen LogP contribution is 2.26. The van der Waals surface area contributed by atoms with Gasteiger partial charge in [0.25, 0.3) is 0 Å². The minimum atomic E-state index is -0.298. The molecule has 0 spiro atoms. The van der Waals surface area contributed by atoms with Gasteiger partial charge in [0.1, 0.15) is 11.6 Å². The summed E-state index contributed by atoms with van der Waals surface area (Å²) in [5, 5.41) is 2.88. The summed E-state index contributed by atoms with van der Waals surface area (Å²) in [6, 6.07) is 17.1. The number of hydrogen-bond donors (Lipinski definition) is 1. The van der Waals surface area contributed by atoms with Gasteiger partial charge in [-0.2, -0.15) is 0 Å². The predicted molar refractivity (Wildman–Crippen MR) is 95.2 cm³/mol. The third kappa shape index (κ3) is 4.07. The van der Waals surface area contributed by atoms with Gasteiger partial charge in [0.15, 0.2) is 0 Å². The van der Waals surface area contributed by atoms with Crippen molar-refractivity contribution in [3.8, 4) is 5.75 Å². The van der Waals surface area contributed by atoms with Crippen molar-refractivity contribution >= 4 is 11.6 Å². The molecule has 25 heavy (non-hydrogen) atoms. The van der Waals surface area contributed by atoms with Gasteiger partial charge in [-0.3, -0.25) is 4.79 Å². The number of para-hydroxylation sites is 2. The summed E-state index contributed by atoms with van der Waals surface area (Å²) >= 11 is 0. The zero-order valence-corrected chi connectivity index (χ0v) is 13.9. The number of carbonyl (C=O) groups is 1. The van der Waals surface area contributed by atoms with Crippen LogP contribution in [0.25, 0.3) is 0 Å². The van der Waals surface area contributed by atoms with Crippen LogP contribution in [0.3, 0.4) is 0 Å². The maximum atomic E-state index is 13.2. The van der Waals surface area contributed by atoms with Gasteiger partial charge in [0, 0.05) is 12.4 Å². The number of nitrogens with one attached hydrogen (secondary N) is 1. The number of methoxy groups -OCH3 is 1. The molecule has 0 aliphatic rings. The van der Waals surface area contributed by atoms with E-state index in [1.54, 1.807) is 31.4 Å². The summed E-state index contributed by atoms with van der Waals surface area (Å²) < 4.78 is 20.4. The number of rotatable bonds is 6. The maximum Gasteiger partial charge on any atom is 0.226 e. The van der Waals surface area contributed by atoms with Gasteiger partial charge >= 0.3 is 0 Å².